The number of ether oxygens (including phenoxy) is 3. The van der Waals surface area contributed by atoms with Gasteiger partial charge in [-0.2, -0.15) is 0 Å². The highest BCUT2D eigenvalue weighted by Crippen LogP contribution is 2.27. The second-order valence-corrected chi connectivity index (χ2v) is 7.35. The van der Waals surface area contributed by atoms with Crippen LogP contribution in [0.25, 0.3) is 0 Å². The number of halogens is 2. The van der Waals surface area contributed by atoms with Gasteiger partial charge in [-0.1, -0.05) is 23.2 Å². The van der Waals surface area contributed by atoms with Gasteiger partial charge in [0.1, 0.15) is 24.7 Å². The van der Waals surface area contributed by atoms with E-state index in [1.807, 2.05) is 0 Å². The lowest BCUT2D eigenvalue weighted by molar-refractivity contribution is -0.146. The highest BCUT2D eigenvalue weighted by atomic mass is 35.5. The molecule has 0 saturated carbocycles. The van der Waals surface area contributed by atoms with Crippen LogP contribution in [0.4, 0.5) is 0 Å². The minimum Gasteiger partial charge on any atom is -0.490 e. The number of hydrogen-bond donors (Lipinski definition) is 1. The first-order chi connectivity index (χ1) is 12.3. The summed E-state index contributed by atoms with van der Waals surface area (Å²) in [5, 5.41) is 5.74. The molecule has 140 valence electrons. The van der Waals surface area contributed by atoms with Crippen molar-refractivity contribution in [2.75, 3.05) is 19.8 Å². The van der Waals surface area contributed by atoms with Crippen LogP contribution in [0.15, 0.2) is 47.4 Å². The molecule has 2 N–H and O–H groups in total. The zero-order valence-electron chi connectivity index (χ0n) is 13.4. The molecule has 0 bridgehead atoms. The third kappa shape index (κ3) is 6.38. The zero-order chi connectivity index (χ0) is 19.2. The average Bonchev–Trinajstić information content (AvgIpc) is 2.57. The molecule has 0 aliphatic heterocycles. The Labute approximate surface area is 160 Å². The molecule has 0 radical (unpaired) electrons. The number of primary sulfonamides is 1. The van der Waals surface area contributed by atoms with Gasteiger partial charge in [-0.3, -0.25) is 0 Å². The summed E-state index contributed by atoms with van der Waals surface area (Å²) in [6, 6.07) is 10.2. The Balaban J connectivity index is 1.70. The van der Waals surface area contributed by atoms with E-state index < -0.39 is 16.0 Å². The van der Waals surface area contributed by atoms with Crippen molar-refractivity contribution in [2.24, 2.45) is 5.14 Å². The number of carbonyl (C=O) groups is 1. The molecule has 2 aromatic rings. The number of nitrogens with two attached hydrogens (primary N) is 1. The van der Waals surface area contributed by atoms with Crippen LogP contribution in [0.5, 0.6) is 11.5 Å². The zero-order valence-corrected chi connectivity index (χ0v) is 15.7. The standard InChI is InChI=1S/C16H15Cl2NO6S/c17-11-1-6-15(14(18)9-11)25-10-16(20)24-8-7-23-12-2-4-13(5-3-12)26(19,21)22/h1-6,9H,7-8,10H2,(H2,19,21,22). The van der Waals surface area contributed by atoms with Crippen molar-refractivity contribution in [3.63, 3.8) is 0 Å². The quantitative estimate of drug-likeness (QED) is 0.520. The van der Waals surface area contributed by atoms with E-state index >= 15 is 0 Å². The van der Waals surface area contributed by atoms with Gasteiger partial charge in [0.15, 0.2) is 6.61 Å². The van der Waals surface area contributed by atoms with Crippen molar-refractivity contribution in [1.82, 2.24) is 0 Å². The van der Waals surface area contributed by atoms with Crippen molar-refractivity contribution in [1.29, 1.82) is 0 Å². The van der Waals surface area contributed by atoms with E-state index in [2.05, 4.69) is 0 Å². The Morgan fingerprint density at radius 3 is 2.31 bits per heavy atom. The molecule has 2 rings (SSSR count). The number of rotatable bonds is 8. The fraction of sp³-hybridized carbons (Fsp3) is 0.188. The second-order valence-electron chi connectivity index (χ2n) is 4.95. The van der Waals surface area contributed by atoms with Gasteiger partial charge in [-0.05, 0) is 42.5 Å². The molecule has 0 fully saturated rings. The van der Waals surface area contributed by atoms with Crippen molar-refractivity contribution in [3.05, 3.63) is 52.5 Å². The molecule has 26 heavy (non-hydrogen) atoms. The van der Waals surface area contributed by atoms with Crippen molar-refractivity contribution < 1.29 is 27.4 Å². The van der Waals surface area contributed by atoms with Gasteiger partial charge >= 0.3 is 5.97 Å². The van der Waals surface area contributed by atoms with E-state index in [1.165, 1.54) is 30.3 Å². The molecule has 0 aliphatic carbocycles. The van der Waals surface area contributed by atoms with Gasteiger partial charge in [-0.25, -0.2) is 18.4 Å². The summed E-state index contributed by atoms with van der Waals surface area (Å²) in [5.41, 5.74) is 0. The molecule has 10 heteroatoms. The molecule has 0 unspecified atom stereocenters. The molecule has 0 aliphatic rings. The fourth-order valence-electron chi connectivity index (χ4n) is 1.81. The van der Waals surface area contributed by atoms with Crippen LogP contribution >= 0.6 is 23.2 Å². The van der Waals surface area contributed by atoms with Crippen LogP contribution in [0.1, 0.15) is 0 Å². The van der Waals surface area contributed by atoms with E-state index in [0.29, 0.717) is 16.5 Å². The van der Waals surface area contributed by atoms with Gasteiger partial charge in [0.2, 0.25) is 10.0 Å². The fourth-order valence-corrected chi connectivity index (χ4v) is 2.79. The monoisotopic (exact) mass is 419 g/mol. The van der Waals surface area contributed by atoms with Crippen LogP contribution < -0.4 is 14.6 Å². The Bertz CT molecular complexity index is 871. The first-order valence-electron chi connectivity index (χ1n) is 7.25. The predicted molar refractivity (Wildman–Crippen MR) is 96.2 cm³/mol. The second kappa shape index (κ2) is 9.09. The lowest BCUT2D eigenvalue weighted by atomic mass is 10.3. The summed E-state index contributed by atoms with van der Waals surface area (Å²) < 4.78 is 37.8. The topological polar surface area (TPSA) is 105 Å². The molecule has 7 nitrogen and oxygen atoms in total. The SMILES string of the molecule is NS(=O)(=O)c1ccc(OCCOC(=O)COc2ccc(Cl)cc2Cl)cc1. The Morgan fingerprint density at radius 1 is 1.00 bits per heavy atom. The predicted octanol–water partition coefficient (Wildman–Crippen LogP) is 2.64. The molecule has 0 amide bonds. The molecular formula is C16H15Cl2NO6S. The van der Waals surface area contributed by atoms with Crippen molar-refractivity contribution >= 4 is 39.2 Å². The van der Waals surface area contributed by atoms with Crippen LogP contribution in [0.2, 0.25) is 10.0 Å². The number of hydrogen-bond acceptors (Lipinski definition) is 6. The van der Waals surface area contributed by atoms with E-state index in [4.69, 9.17) is 42.6 Å². The van der Waals surface area contributed by atoms with E-state index in [9.17, 15) is 13.2 Å². The van der Waals surface area contributed by atoms with Crippen LogP contribution in [0, 0.1) is 0 Å². The summed E-state index contributed by atoms with van der Waals surface area (Å²) in [5.74, 6) is 0.140. The van der Waals surface area contributed by atoms with E-state index in [0.717, 1.165) is 0 Å². The average molecular weight is 420 g/mol. The van der Waals surface area contributed by atoms with E-state index in [1.54, 1.807) is 12.1 Å². The van der Waals surface area contributed by atoms with Crippen LogP contribution in [-0.4, -0.2) is 34.2 Å². The molecule has 0 spiro atoms. The summed E-state index contributed by atoms with van der Waals surface area (Å²) >= 11 is 11.7. The molecule has 0 heterocycles. The van der Waals surface area contributed by atoms with Gasteiger partial charge in [0, 0.05) is 5.02 Å². The smallest absolute Gasteiger partial charge is 0.344 e. The lowest BCUT2D eigenvalue weighted by Gasteiger charge is -2.09. The number of benzene rings is 2. The maximum absolute atomic E-state index is 11.6. The molecule has 0 aromatic heterocycles. The summed E-state index contributed by atoms with van der Waals surface area (Å²) in [7, 11) is -3.75. The first kappa shape index (κ1) is 20.3. The Morgan fingerprint density at radius 2 is 1.69 bits per heavy atom. The van der Waals surface area contributed by atoms with Gasteiger partial charge < -0.3 is 14.2 Å². The Hall–Kier alpha value is -2.00. The number of esters is 1. The summed E-state index contributed by atoms with van der Waals surface area (Å²) in [4.78, 5) is 11.6. The van der Waals surface area contributed by atoms with Gasteiger partial charge in [-0.15, -0.1) is 0 Å². The first-order valence-corrected chi connectivity index (χ1v) is 9.55. The Kier molecular flexibility index (Phi) is 7.10. The maximum Gasteiger partial charge on any atom is 0.344 e. The number of sulfonamides is 1. The highest BCUT2D eigenvalue weighted by Gasteiger charge is 2.09. The maximum atomic E-state index is 11.6. The van der Waals surface area contributed by atoms with Crippen molar-refractivity contribution in [3.8, 4) is 11.5 Å². The normalized spacial score (nSPS) is 11.0. The molecule has 0 saturated heterocycles. The van der Waals surface area contributed by atoms with Gasteiger partial charge in [0.05, 0.1) is 9.92 Å². The largest absolute Gasteiger partial charge is 0.490 e. The summed E-state index contributed by atoms with van der Waals surface area (Å²) in [6.07, 6.45) is 0. The van der Waals surface area contributed by atoms with Gasteiger partial charge in [0.25, 0.3) is 0 Å². The lowest BCUT2D eigenvalue weighted by Crippen LogP contribution is -2.18. The minimum atomic E-state index is -3.75. The third-order valence-corrected chi connectivity index (χ3v) is 4.47. The molecule has 2 aromatic carbocycles. The van der Waals surface area contributed by atoms with Crippen LogP contribution in [0.3, 0.4) is 0 Å². The number of carbonyl (C=O) groups excluding carboxylic acids is 1. The minimum absolute atomic E-state index is 0.00647. The summed E-state index contributed by atoms with van der Waals surface area (Å²) in [6.45, 7) is -0.236. The van der Waals surface area contributed by atoms with Crippen molar-refractivity contribution in [2.45, 2.75) is 4.90 Å². The van der Waals surface area contributed by atoms with E-state index in [-0.39, 0.29) is 29.7 Å². The molecular weight excluding hydrogens is 405 g/mol. The van der Waals surface area contributed by atoms with Crippen LogP contribution in [-0.2, 0) is 19.6 Å². The third-order valence-electron chi connectivity index (χ3n) is 3.01. The molecule has 0 atom stereocenters. The highest BCUT2D eigenvalue weighted by molar-refractivity contribution is 7.89.